The number of carbonyl (C=O) groups excluding carboxylic acids is 1. The number of amides is 1. The minimum absolute atomic E-state index is 0.0262. The molecule has 0 bridgehead atoms. The maximum absolute atomic E-state index is 12.1. The van der Waals surface area contributed by atoms with Gasteiger partial charge in [0, 0.05) is 25.9 Å². The first-order valence-electron chi connectivity index (χ1n) is 6.40. The number of nitrogens with zero attached hydrogens (tertiary/aromatic N) is 1. The van der Waals surface area contributed by atoms with Gasteiger partial charge in [-0.05, 0) is 26.1 Å². The number of likely N-dealkylation sites (tertiary alicyclic amines) is 1. The zero-order valence-electron chi connectivity index (χ0n) is 11.2. The van der Waals surface area contributed by atoms with Crippen LogP contribution < -0.4 is 10.9 Å². The van der Waals surface area contributed by atoms with Gasteiger partial charge in [0.2, 0.25) is 0 Å². The summed E-state index contributed by atoms with van der Waals surface area (Å²) in [6.45, 7) is 4.04. The van der Waals surface area contributed by atoms with Crippen molar-refractivity contribution in [3.8, 4) is 0 Å². The van der Waals surface area contributed by atoms with Gasteiger partial charge in [0.1, 0.15) is 5.56 Å². The Labute approximate surface area is 111 Å². The Balaban J connectivity index is 2.06. The Morgan fingerprint density at radius 1 is 1.58 bits per heavy atom. The third-order valence-corrected chi connectivity index (χ3v) is 3.21. The number of aromatic amines is 1. The summed E-state index contributed by atoms with van der Waals surface area (Å²) in [5.74, 6) is -0.355. The molecule has 2 N–H and O–H groups in total. The Hall–Kier alpha value is -1.66. The molecule has 2 atom stereocenters. The Morgan fingerprint density at radius 3 is 3.05 bits per heavy atom. The molecule has 1 aromatic heterocycles. The van der Waals surface area contributed by atoms with Crippen molar-refractivity contribution in [2.75, 3.05) is 26.7 Å². The highest BCUT2D eigenvalue weighted by molar-refractivity contribution is 5.94. The molecule has 0 spiro atoms. The molecule has 1 fully saturated rings. The molecule has 2 rings (SSSR count). The number of nitrogens with one attached hydrogen (secondary N) is 2. The largest absolute Gasteiger partial charge is 0.375 e. The topological polar surface area (TPSA) is 74.4 Å². The zero-order chi connectivity index (χ0) is 13.8. The first-order chi connectivity index (χ1) is 9.11. The van der Waals surface area contributed by atoms with Gasteiger partial charge in [0.05, 0.1) is 12.1 Å². The van der Waals surface area contributed by atoms with Gasteiger partial charge in [0.25, 0.3) is 11.5 Å². The average molecular weight is 265 g/mol. The van der Waals surface area contributed by atoms with Crippen LogP contribution in [0, 0.1) is 0 Å². The van der Waals surface area contributed by atoms with Gasteiger partial charge in [-0.3, -0.25) is 9.59 Å². The van der Waals surface area contributed by atoms with E-state index in [4.69, 9.17) is 4.74 Å². The van der Waals surface area contributed by atoms with Gasteiger partial charge < -0.3 is 19.9 Å². The number of likely N-dealkylation sites (N-methyl/N-ethyl adjacent to an activating group) is 1. The number of hydrogen-bond donors (Lipinski definition) is 2. The minimum atomic E-state index is -0.376. The Morgan fingerprint density at radius 2 is 2.37 bits per heavy atom. The number of hydrogen-bond acceptors (Lipinski definition) is 4. The summed E-state index contributed by atoms with van der Waals surface area (Å²) >= 11 is 0. The highest BCUT2D eigenvalue weighted by Gasteiger charge is 2.32. The molecular formula is C13H19N3O3. The van der Waals surface area contributed by atoms with Crippen molar-refractivity contribution in [1.82, 2.24) is 15.2 Å². The van der Waals surface area contributed by atoms with Crippen molar-refractivity contribution < 1.29 is 9.53 Å². The third kappa shape index (κ3) is 3.21. The van der Waals surface area contributed by atoms with Gasteiger partial charge in [0.15, 0.2) is 0 Å². The molecule has 19 heavy (non-hydrogen) atoms. The predicted octanol–water partition coefficient (Wildman–Crippen LogP) is -0.176. The van der Waals surface area contributed by atoms with Crippen LogP contribution in [0.3, 0.4) is 0 Å². The molecule has 1 aromatic rings. The van der Waals surface area contributed by atoms with Gasteiger partial charge >= 0.3 is 0 Å². The van der Waals surface area contributed by atoms with Crippen molar-refractivity contribution in [2.24, 2.45) is 0 Å². The highest BCUT2D eigenvalue weighted by Crippen LogP contribution is 2.12. The van der Waals surface area contributed by atoms with E-state index in [2.05, 4.69) is 15.2 Å². The third-order valence-electron chi connectivity index (χ3n) is 3.21. The molecule has 1 amide bonds. The van der Waals surface area contributed by atoms with Crippen LogP contribution in [0.1, 0.15) is 17.3 Å². The van der Waals surface area contributed by atoms with E-state index in [9.17, 15) is 9.59 Å². The summed E-state index contributed by atoms with van der Waals surface area (Å²) in [6, 6.07) is 3.07. The van der Waals surface area contributed by atoms with Crippen molar-refractivity contribution in [3.05, 3.63) is 34.2 Å². The SMILES string of the molecule is CCO[C@H]1CN(C)C[C@@H]1NC(=O)c1ccc[nH]c1=O. The van der Waals surface area contributed by atoms with Crippen LogP contribution in [-0.2, 0) is 4.74 Å². The van der Waals surface area contributed by atoms with Crippen LogP contribution in [0.5, 0.6) is 0 Å². The van der Waals surface area contributed by atoms with E-state index in [1.165, 1.54) is 12.3 Å². The second kappa shape index (κ2) is 5.99. The van der Waals surface area contributed by atoms with Crippen LogP contribution in [0.4, 0.5) is 0 Å². The number of H-pyrrole nitrogens is 1. The van der Waals surface area contributed by atoms with Gasteiger partial charge in [-0.25, -0.2) is 0 Å². The monoisotopic (exact) mass is 265 g/mol. The minimum Gasteiger partial charge on any atom is -0.375 e. The Bertz CT molecular complexity index is 500. The second-order valence-corrected chi connectivity index (χ2v) is 4.71. The molecule has 0 radical (unpaired) electrons. The van der Waals surface area contributed by atoms with Crippen molar-refractivity contribution in [3.63, 3.8) is 0 Å². The summed E-state index contributed by atoms with van der Waals surface area (Å²) in [4.78, 5) is 28.2. The Kier molecular flexibility index (Phi) is 4.34. The molecule has 0 aliphatic carbocycles. The number of carbonyl (C=O) groups is 1. The molecule has 6 heteroatoms. The fourth-order valence-corrected chi connectivity index (χ4v) is 2.33. The first-order valence-corrected chi connectivity index (χ1v) is 6.40. The number of rotatable bonds is 4. The van der Waals surface area contributed by atoms with Crippen LogP contribution in [0.2, 0.25) is 0 Å². The summed E-state index contributed by atoms with van der Waals surface area (Å²) in [5, 5.41) is 2.88. The molecule has 104 valence electrons. The van der Waals surface area contributed by atoms with Crippen molar-refractivity contribution >= 4 is 5.91 Å². The van der Waals surface area contributed by atoms with Gasteiger partial charge in [-0.15, -0.1) is 0 Å². The van der Waals surface area contributed by atoms with Gasteiger partial charge in [-0.2, -0.15) is 0 Å². The number of pyridine rings is 1. The van der Waals surface area contributed by atoms with E-state index in [-0.39, 0.29) is 29.2 Å². The quantitative estimate of drug-likeness (QED) is 0.792. The van der Waals surface area contributed by atoms with Crippen molar-refractivity contribution in [1.29, 1.82) is 0 Å². The molecule has 2 heterocycles. The van der Waals surface area contributed by atoms with Crippen LogP contribution in [-0.4, -0.2) is 54.7 Å². The van der Waals surface area contributed by atoms with E-state index in [0.29, 0.717) is 6.61 Å². The lowest BCUT2D eigenvalue weighted by atomic mass is 10.2. The highest BCUT2D eigenvalue weighted by atomic mass is 16.5. The van der Waals surface area contributed by atoms with Gasteiger partial charge in [-0.1, -0.05) is 0 Å². The van der Waals surface area contributed by atoms with E-state index < -0.39 is 0 Å². The maximum Gasteiger partial charge on any atom is 0.260 e. The van der Waals surface area contributed by atoms with Crippen LogP contribution in [0.25, 0.3) is 0 Å². The fourth-order valence-electron chi connectivity index (χ4n) is 2.33. The normalized spacial score (nSPS) is 23.5. The van der Waals surface area contributed by atoms with E-state index >= 15 is 0 Å². The van der Waals surface area contributed by atoms with E-state index in [1.54, 1.807) is 6.07 Å². The van der Waals surface area contributed by atoms with E-state index in [0.717, 1.165) is 13.1 Å². The maximum atomic E-state index is 12.1. The smallest absolute Gasteiger partial charge is 0.260 e. The lowest BCUT2D eigenvalue weighted by Crippen LogP contribution is -2.45. The molecular weight excluding hydrogens is 246 g/mol. The first kappa shape index (κ1) is 13.8. The molecule has 1 aliphatic rings. The predicted molar refractivity (Wildman–Crippen MR) is 71.2 cm³/mol. The molecule has 0 saturated carbocycles. The zero-order valence-corrected chi connectivity index (χ0v) is 11.2. The molecule has 1 saturated heterocycles. The summed E-state index contributed by atoms with van der Waals surface area (Å²) in [6.07, 6.45) is 1.48. The lowest BCUT2D eigenvalue weighted by Gasteiger charge is -2.19. The fraction of sp³-hybridized carbons (Fsp3) is 0.538. The molecule has 6 nitrogen and oxygen atoms in total. The lowest BCUT2D eigenvalue weighted by molar-refractivity contribution is 0.0513. The molecule has 1 aliphatic heterocycles. The number of ether oxygens (including phenoxy) is 1. The summed E-state index contributed by atoms with van der Waals surface area (Å²) in [5.41, 5.74) is -0.244. The standard InChI is InChI=1S/C13H19N3O3/c1-3-19-11-8-16(2)7-10(11)15-13(18)9-5-4-6-14-12(9)17/h4-6,10-11H,3,7-8H2,1-2H3,(H,14,17)(H,15,18)/t10-,11-/m0/s1. The van der Waals surface area contributed by atoms with Crippen LogP contribution in [0.15, 0.2) is 23.1 Å². The summed E-state index contributed by atoms with van der Waals surface area (Å²) in [7, 11) is 1.98. The average Bonchev–Trinajstić information content (AvgIpc) is 2.70. The number of aromatic nitrogens is 1. The molecule has 0 aromatic carbocycles. The molecule has 0 unspecified atom stereocenters. The van der Waals surface area contributed by atoms with Crippen molar-refractivity contribution in [2.45, 2.75) is 19.1 Å². The summed E-state index contributed by atoms with van der Waals surface area (Å²) < 4.78 is 5.61. The van der Waals surface area contributed by atoms with E-state index in [1.807, 2.05) is 14.0 Å². The van der Waals surface area contributed by atoms with Crippen LogP contribution >= 0.6 is 0 Å². The second-order valence-electron chi connectivity index (χ2n) is 4.71.